The van der Waals surface area contributed by atoms with E-state index in [0.717, 1.165) is 38.5 Å². The van der Waals surface area contributed by atoms with Gasteiger partial charge in [0, 0.05) is 18.6 Å². The first-order chi connectivity index (χ1) is 8.72. The maximum atomic E-state index is 5.76. The lowest BCUT2D eigenvalue weighted by Gasteiger charge is -2.46. The number of rotatable bonds is 5. The monoisotopic (exact) mass is 253 g/mol. The summed E-state index contributed by atoms with van der Waals surface area (Å²) in [6.45, 7) is 7.84. The molecule has 18 heavy (non-hydrogen) atoms. The summed E-state index contributed by atoms with van der Waals surface area (Å²) in [7, 11) is 0. The minimum atomic E-state index is -0.0730. The van der Waals surface area contributed by atoms with Gasteiger partial charge in [0.1, 0.15) is 5.76 Å². The zero-order valence-electron chi connectivity index (χ0n) is 11.2. The Hall–Kier alpha value is -0.880. The van der Waals surface area contributed by atoms with Crippen molar-refractivity contribution < 1.29 is 9.15 Å². The Kier molecular flexibility index (Phi) is 4.40. The maximum Gasteiger partial charge on any atom is 0.123 e. The summed E-state index contributed by atoms with van der Waals surface area (Å²) in [6.07, 6.45) is 2.68. The number of hydrogen-bond acceptors (Lipinski definition) is 5. The van der Waals surface area contributed by atoms with Crippen LogP contribution in [0.1, 0.15) is 32.1 Å². The number of hydrogen-bond donors (Lipinski definition) is 2. The molecule has 0 aliphatic carbocycles. The summed E-state index contributed by atoms with van der Waals surface area (Å²) in [5.74, 6) is 6.65. The van der Waals surface area contributed by atoms with Crippen LogP contribution in [0.4, 0.5) is 0 Å². The Morgan fingerprint density at radius 2 is 2.22 bits per heavy atom. The molecule has 1 aliphatic heterocycles. The molecule has 102 valence electrons. The van der Waals surface area contributed by atoms with E-state index >= 15 is 0 Å². The molecule has 3 N–H and O–H groups in total. The van der Waals surface area contributed by atoms with E-state index in [0.29, 0.717) is 0 Å². The highest BCUT2D eigenvalue weighted by atomic mass is 16.5. The van der Waals surface area contributed by atoms with Gasteiger partial charge in [0.2, 0.25) is 0 Å². The van der Waals surface area contributed by atoms with Gasteiger partial charge in [-0.2, -0.15) is 0 Å². The summed E-state index contributed by atoms with van der Waals surface area (Å²) >= 11 is 0. The number of nitrogens with one attached hydrogen (secondary N) is 1. The van der Waals surface area contributed by atoms with Crippen molar-refractivity contribution in [3.63, 3.8) is 0 Å². The molecule has 1 aliphatic rings. The van der Waals surface area contributed by atoms with Gasteiger partial charge in [-0.1, -0.05) is 6.92 Å². The van der Waals surface area contributed by atoms with Crippen LogP contribution >= 0.6 is 0 Å². The van der Waals surface area contributed by atoms with Crippen LogP contribution in [0, 0.1) is 0 Å². The fraction of sp³-hybridized carbons (Fsp3) is 0.692. The molecule has 1 aromatic rings. The first-order valence-electron chi connectivity index (χ1n) is 6.54. The molecule has 0 bridgehead atoms. The van der Waals surface area contributed by atoms with Crippen LogP contribution in [-0.4, -0.2) is 36.7 Å². The smallest absolute Gasteiger partial charge is 0.123 e. The van der Waals surface area contributed by atoms with Gasteiger partial charge < -0.3 is 9.15 Å². The molecule has 0 aromatic carbocycles. The van der Waals surface area contributed by atoms with E-state index in [1.807, 2.05) is 12.1 Å². The molecule has 2 atom stereocenters. The zero-order chi connectivity index (χ0) is 13.0. The highest BCUT2D eigenvalue weighted by Crippen LogP contribution is 2.34. The zero-order valence-corrected chi connectivity index (χ0v) is 11.2. The second-order valence-corrected chi connectivity index (χ2v) is 4.93. The van der Waals surface area contributed by atoms with E-state index < -0.39 is 0 Å². The Labute approximate surface area is 108 Å². The molecule has 1 aromatic heterocycles. The van der Waals surface area contributed by atoms with E-state index in [-0.39, 0.29) is 11.6 Å². The Morgan fingerprint density at radius 3 is 2.72 bits per heavy atom. The number of nitrogens with zero attached hydrogens (tertiary/aromatic N) is 1. The van der Waals surface area contributed by atoms with E-state index in [2.05, 4.69) is 24.2 Å². The van der Waals surface area contributed by atoms with Crippen molar-refractivity contribution >= 4 is 0 Å². The molecule has 0 saturated carbocycles. The topological polar surface area (TPSA) is 63.7 Å². The van der Waals surface area contributed by atoms with Crippen molar-refractivity contribution in [1.82, 2.24) is 10.3 Å². The predicted octanol–water partition coefficient (Wildman–Crippen LogP) is 1.28. The molecule has 1 fully saturated rings. The number of morpholine rings is 1. The lowest BCUT2D eigenvalue weighted by atomic mass is 9.85. The summed E-state index contributed by atoms with van der Waals surface area (Å²) in [6, 6.07) is 3.85. The van der Waals surface area contributed by atoms with Crippen LogP contribution in [0.25, 0.3) is 0 Å². The molecule has 1 saturated heterocycles. The van der Waals surface area contributed by atoms with Gasteiger partial charge in [0.15, 0.2) is 0 Å². The minimum Gasteiger partial charge on any atom is -0.468 e. The molecule has 0 amide bonds. The molecule has 0 spiro atoms. The summed E-state index contributed by atoms with van der Waals surface area (Å²) in [4.78, 5) is 2.43. The fourth-order valence-corrected chi connectivity index (χ4v) is 2.71. The van der Waals surface area contributed by atoms with Crippen molar-refractivity contribution in [3.8, 4) is 0 Å². The van der Waals surface area contributed by atoms with E-state index in [4.69, 9.17) is 15.0 Å². The Balaban J connectivity index is 2.23. The molecule has 2 rings (SSSR count). The van der Waals surface area contributed by atoms with E-state index in [9.17, 15) is 0 Å². The molecule has 2 heterocycles. The highest BCUT2D eigenvalue weighted by molar-refractivity contribution is 5.12. The number of furan rings is 1. The normalized spacial score (nSPS) is 22.6. The molecule has 5 heteroatoms. The molecular weight excluding hydrogens is 230 g/mol. The first-order valence-corrected chi connectivity index (χ1v) is 6.54. The highest BCUT2D eigenvalue weighted by Gasteiger charge is 2.40. The van der Waals surface area contributed by atoms with Crippen LogP contribution in [0.5, 0.6) is 0 Å². The Morgan fingerprint density at radius 1 is 1.50 bits per heavy atom. The minimum absolute atomic E-state index is 0.0180. The Bertz CT molecular complexity index is 349. The van der Waals surface area contributed by atoms with Crippen molar-refractivity contribution in [1.29, 1.82) is 0 Å². The number of ether oxygens (including phenoxy) is 1. The maximum absolute atomic E-state index is 5.76. The number of hydrazine groups is 1. The van der Waals surface area contributed by atoms with Crippen LogP contribution in [0.3, 0.4) is 0 Å². The first kappa shape index (κ1) is 13.5. The summed E-state index contributed by atoms with van der Waals surface area (Å²) in [5.41, 5.74) is 2.84. The SMILES string of the molecule is CCC(C)(C(NN)c1ccco1)N1CCOCC1. The average molecular weight is 253 g/mol. The van der Waals surface area contributed by atoms with Gasteiger partial charge in [-0.25, -0.2) is 5.43 Å². The lowest BCUT2D eigenvalue weighted by Crippen LogP contribution is -2.58. The van der Waals surface area contributed by atoms with Crippen LogP contribution in [0.15, 0.2) is 22.8 Å². The van der Waals surface area contributed by atoms with Crippen LogP contribution in [-0.2, 0) is 4.74 Å². The third-order valence-corrected chi connectivity index (χ3v) is 4.07. The lowest BCUT2D eigenvalue weighted by molar-refractivity contribution is -0.0357. The molecule has 0 radical (unpaired) electrons. The van der Waals surface area contributed by atoms with E-state index in [1.165, 1.54) is 0 Å². The third kappa shape index (κ3) is 2.44. The summed E-state index contributed by atoms with van der Waals surface area (Å²) in [5, 5.41) is 0. The third-order valence-electron chi connectivity index (χ3n) is 4.07. The summed E-state index contributed by atoms with van der Waals surface area (Å²) < 4.78 is 11.0. The van der Waals surface area contributed by atoms with Gasteiger partial charge in [-0.3, -0.25) is 10.7 Å². The van der Waals surface area contributed by atoms with Crippen molar-refractivity contribution in [2.24, 2.45) is 5.84 Å². The molecular formula is C13H23N3O2. The van der Waals surface area contributed by atoms with Crippen LogP contribution < -0.4 is 11.3 Å². The van der Waals surface area contributed by atoms with Gasteiger partial charge in [0.05, 0.1) is 25.5 Å². The predicted molar refractivity (Wildman–Crippen MR) is 69.9 cm³/mol. The van der Waals surface area contributed by atoms with Gasteiger partial charge >= 0.3 is 0 Å². The largest absolute Gasteiger partial charge is 0.468 e. The van der Waals surface area contributed by atoms with Crippen LogP contribution in [0.2, 0.25) is 0 Å². The standard InChI is InChI=1S/C13H23N3O2/c1-3-13(2,16-6-9-17-10-7-16)12(15-14)11-5-4-8-18-11/h4-5,8,12,15H,3,6-7,9-10,14H2,1-2H3. The fourth-order valence-electron chi connectivity index (χ4n) is 2.71. The van der Waals surface area contributed by atoms with Crippen molar-refractivity contribution in [2.45, 2.75) is 31.8 Å². The second-order valence-electron chi connectivity index (χ2n) is 4.93. The van der Waals surface area contributed by atoms with Gasteiger partial charge in [0.25, 0.3) is 0 Å². The average Bonchev–Trinajstić information content (AvgIpc) is 2.94. The van der Waals surface area contributed by atoms with Crippen molar-refractivity contribution in [2.75, 3.05) is 26.3 Å². The van der Waals surface area contributed by atoms with E-state index in [1.54, 1.807) is 6.26 Å². The van der Waals surface area contributed by atoms with Gasteiger partial charge in [-0.15, -0.1) is 0 Å². The quantitative estimate of drug-likeness (QED) is 0.611. The van der Waals surface area contributed by atoms with Crippen molar-refractivity contribution in [3.05, 3.63) is 24.2 Å². The molecule has 5 nitrogen and oxygen atoms in total. The number of nitrogens with two attached hydrogens (primary N) is 1. The second kappa shape index (κ2) is 5.84. The molecule has 2 unspecified atom stereocenters. The van der Waals surface area contributed by atoms with Gasteiger partial charge in [-0.05, 0) is 25.5 Å².